The Morgan fingerprint density at radius 1 is 0.967 bits per heavy atom. The molecule has 0 fully saturated rings. The van der Waals surface area contributed by atoms with Gasteiger partial charge in [0.2, 0.25) is 0 Å². The third-order valence-electron chi connectivity index (χ3n) is 4.74. The van der Waals surface area contributed by atoms with E-state index in [2.05, 4.69) is 5.32 Å². The third kappa shape index (κ3) is 4.68. The van der Waals surface area contributed by atoms with Gasteiger partial charge in [-0.1, -0.05) is 35.9 Å². The van der Waals surface area contributed by atoms with Crippen molar-refractivity contribution >= 4 is 28.7 Å². The van der Waals surface area contributed by atoms with Crippen molar-refractivity contribution in [2.45, 2.75) is 20.8 Å². The molecule has 0 aliphatic rings. The monoisotopic (exact) mass is 396 g/mol. The predicted molar refractivity (Wildman–Crippen MR) is 122 cm³/mol. The van der Waals surface area contributed by atoms with Gasteiger partial charge in [-0.3, -0.25) is 4.79 Å². The van der Waals surface area contributed by atoms with Crippen LogP contribution in [0.3, 0.4) is 0 Å². The molecule has 3 N–H and O–H groups in total. The summed E-state index contributed by atoms with van der Waals surface area (Å²) in [6.45, 7) is 5.89. The topological polar surface area (TPSA) is 82.2 Å². The molecule has 0 radical (unpaired) electrons. The Morgan fingerprint density at radius 3 is 2.10 bits per heavy atom. The number of nitrogens with one attached hydrogen (secondary N) is 1. The molecule has 5 heteroatoms. The first-order chi connectivity index (χ1) is 14.4. The van der Waals surface area contributed by atoms with E-state index in [-0.39, 0.29) is 5.57 Å². The van der Waals surface area contributed by atoms with Gasteiger partial charge in [-0.2, -0.15) is 5.26 Å². The van der Waals surface area contributed by atoms with Crippen LogP contribution in [0, 0.1) is 32.1 Å². The molecule has 150 valence electrons. The number of rotatable bonds is 5. The van der Waals surface area contributed by atoms with Crippen LogP contribution >= 0.6 is 0 Å². The highest BCUT2D eigenvalue weighted by Crippen LogP contribution is 2.28. The van der Waals surface area contributed by atoms with E-state index >= 15 is 0 Å². The fourth-order valence-corrected chi connectivity index (χ4v) is 3.35. The second kappa shape index (κ2) is 8.97. The Bertz CT molecular complexity index is 1100. The summed E-state index contributed by atoms with van der Waals surface area (Å²) in [6.07, 6.45) is 1.55. The standard InChI is InChI=1S/C25H24N4O/c1-17-13-18(2)24(19(3)14-17)28-25(30)20(15-26)16-29(22-7-5-4-6-8-22)23-11-9-21(27)10-12-23/h4-14,16H,27H2,1-3H3,(H,28,30)/b20-16-. The molecule has 3 rings (SSSR count). The number of hydrogen-bond acceptors (Lipinski definition) is 4. The van der Waals surface area contributed by atoms with Gasteiger partial charge in [-0.25, -0.2) is 0 Å². The summed E-state index contributed by atoms with van der Waals surface area (Å²) in [5, 5.41) is 12.6. The number of para-hydroxylation sites is 1. The van der Waals surface area contributed by atoms with Gasteiger partial charge in [0, 0.05) is 28.9 Å². The van der Waals surface area contributed by atoms with Crippen LogP contribution in [0.1, 0.15) is 16.7 Å². The lowest BCUT2D eigenvalue weighted by atomic mass is 10.0. The molecule has 3 aromatic rings. The first kappa shape index (κ1) is 20.7. The van der Waals surface area contributed by atoms with Gasteiger partial charge < -0.3 is 16.0 Å². The Hall–Kier alpha value is -4.04. The molecule has 0 saturated heterocycles. The predicted octanol–water partition coefficient (Wildman–Crippen LogP) is 5.38. The highest BCUT2D eigenvalue weighted by molar-refractivity contribution is 6.07. The summed E-state index contributed by atoms with van der Waals surface area (Å²) in [4.78, 5) is 14.7. The average Bonchev–Trinajstić information content (AvgIpc) is 2.73. The second-order valence-electron chi connectivity index (χ2n) is 7.18. The minimum Gasteiger partial charge on any atom is -0.399 e. The summed E-state index contributed by atoms with van der Waals surface area (Å²) in [5.74, 6) is -0.455. The second-order valence-corrected chi connectivity index (χ2v) is 7.18. The quantitative estimate of drug-likeness (QED) is 0.345. The molecule has 0 spiro atoms. The van der Waals surface area contributed by atoms with Gasteiger partial charge >= 0.3 is 0 Å². The van der Waals surface area contributed by atoms with Crippen molar-refractivity contribution in [2.24, 2.45) is 0 Å². The molecule has 0 bridgehead atoms. The van der Waals surface area contributed by atoms with Crippen molar-refractivity contribution < 1.29 is 4.79 Å². The highest BCUT2D eigenvalue weighted by Gasteiger charge is 2.16. The largest absolute Gasteiger partial charge is 0.399 e. The zero-order valence-electron chi connectivity index (χ0n) is 17.3. The first-order valence-corrected chi connectivity index (χ1v) is 9.60. The number of amides is 1. The fourth-order valence-electron chi connectivity index (χ4n) is 3.35. The molecule has 0 aliphatic heterocycles. The van der Waals surface area contributed by atoms with Gasteiger partial charge in [0.25, 0.3) is 5.91 Å². The average molecular weight is 396 g/mol. The van der Waals surface area contributed by atoms with Gasteiger partial charge in [-0.05, 0) is 68.3 Å². The van der Waals surface area contributed by atoms with Crippen molar-refractivity contribution in [1.29, 1.82) is 5.26 Å². The smallest absolute Gasteiger partial charge is 0.267 e. The van der Waals surface area contributed by atoms with Crippen LogP contribution in [-0.2, 0) is 4.79 Å². The van der Waals surface area contributed by atoms with Crippen LogP contribution in [0.15, 0.2) is 78.5 Å². The number of hydrogen-bond donors (Lipinski definition) is 2. The van der Waals surface area contributed by atoms with Gasteiger partial charge in [-0.15, -0.1) is 0 Å². The number of benzene rings is 3. The van der Waals surface area contributed by atoms with Crippen LogP contribution in [0.4, 0.5) is 22.7 Å². The number of aryl methyl sites for hydroxylation is 3. The SMILES string of the molecule is Cc1cc(C)c(NC(=O)/C(C#N)=C\N(c2ccccc2)c2ccc(N)cc2)c(C)c1. The van der Waals surface area contributed by atoms with E-state index in [1.807, 2.05) is 81.4 Å². The molecule has 1 amide bonds. The van der Waals surface area contributed by atoms with E-state index in [0.29, 0.717) is 5.69 Å². The molecule has 0 unspecified atom stereocenters. The number of carbonyl (C=O) groups excluding carboxylic acids is 1. The Labute approximate surface area is 177 Å². The number of nitrogen functional groups attached to an aromatic ring is 1. The maximum Gasteiger partial charge on any atom is 0.267 e. The molecular weight excluding hydrogens is 372 g/mol. The van der Waals surface area contributed by atoms with Crippen molar-refractivity contribution in [3.05, 3.63) is 95.2 Å². The van der Waals surface area contributed by atoms with E-state index in [1.165, 1.54) is 0 Å². The number of carbonyl (C=O) groups is 1. The Kier molecular flexibility index (Phi) is 6.19. The molecule has 3 aromatic carbocycles. The maximum absolute atomic E-state index is 12.9. The molecule has 0 saturated carbocycles. The third-order valence-corrected chi connectivity index (χ3v) is 4.74. The van der Waals surface area contributed by atoms with Crippen LogP contribution < -0.4 is 16.0 Å². The van der Waals surface area contributed by atoms with Crippen LogP contribution in [0.25, 0.3) is 0 Å². The van der Waals surface area contributed by atoms with Crippen molar-refractivity contribution in [3.63, 3.8) is 0 Å². The van der Waals surface area contributed by atoms with E-state index < -0.39 is 5.91 Å². The van der Waals surface area contributed by atoms with Gasteiger partial charge in [0.15, 0.2) is 0 Å². The molecule has 0 atom stereocenters. The molecule has 30 heavy (non-hydrogen) atoms. The number of nitrogens with zero attached hydrogens (tertiary/aromatic N) is 2. The van der Waals surface area contributed by atoms with E-state index in [1.54, 1.807) is 23.2 Å². The molecular formula is C25H24N4O. The van der Waals surface area contributed by atoms with Crippen LogP contribution in [0.2, 0.25) is 0 Å². The lowest BCUT2D eigenvalue weighted by molar-refractivity contribution is -0.112. The van der Waals surface area contributed by atoms with Gasteiger partial charge in [0.05, 0.1) is 0 Å². The minimum atomic E-state index is -0.455. The summed E-state index contributed by atoms with van der Waals surface area (Å²) in [7, 11) is 0. The highest BCUT2D eigenvalue weighted by atomic mass is 16.1. The minimum absolute atomic E-state index is 0.00458. The lowest BCUT2D eigenvalue weighted by Crippen LogP contribution is -2.19. The zero-order chi connectivity index (χ0) is 21.7. The Morgan fingerprint density at radius 2 is 1.53 bits per heavy atom. The summed E-state index contributed by atoms with van der Waals surface area (Å²) in [6, 6.07) is 22.8. The summed E-state index contributed by atoms with van der Waals surface area (Å²) in [5.41, 5.74) is 11.8. The number of nitrogens with two attached hydrogens (primary N) is 1. The molecule has 0 aliphatic carbocycles. The van der Waals surface area contributed by atoms with E-state index in [9.17, 15) is 10.1 Å². The van der Waals surface area contributed by atoms with E-state index in [4.69, 9.17) is 5.73 Å². The van der Waals surface area contributed by atoms with Crippen LogP contribution in [-0.4, -0.2) is 5.91 Å². The molecule has 0 heterocycles. The normalized spacial score (nSPS) is 10.9. The molecule has 5 nitrogen and oxygen atoms in total. The maximum atomic E-state index is 12.9. The van der Waals surface area contributed by atoms with Gasteiger partial charge in [0.1, 0.15) is 11.6 Å². The number of nitriles is 1. The number of anilines is 4. The van der Waals surface area contributed by atoms with E-state index in [0.717, 1.165) is 33.8 Å². The molecule has 0 aromatic heterocycles. The summed E-state index contributed by atoms with van der Waals surface area (Å²) >= 11 is 0. The van der Waals surface area contributed by atoms with Crippen molar-refractivity contribution in [2.75, 3.05) is 16.0 Å². The van der Waals surface area contributed by atoms with Crippen molar-refractivity contribution in [3.8, 4) is 6.07 Å². The van der Waals surface area contributed by atoms with Crippen LogP contribution in [0.5, 0.6) is 0 Å². The lowest BCUT2D eigenvalue weighted by Gasteiger charge is -2.21. The fraction of sp³-hybridized carbons (Fsp3) is 0.120. The van der Waals surface area contributed by atoms with Crippen molar-refractivity contribution in [1.82, 2.24) is 0 Å². The Balaban J connectivity index is 1.99. The first-order valence-electron chi connectivity index (χ1n) is 9.60. The zero-order valence-corrected chi connectivity index (χ0v) is 17.3. The summed E-state index contributed by atoms with van der Waals surface area (Å²) < 4.78 is 0.